The highest BCUT2D eigenvalue weighted by atomic mass is 16.3. The number of benzene rings is 2. The van der Waals surface area contributed by atoms with Crippen molar-refractivity contribution in [2.75, 3.05) is 0 Å². The van der Waals surface area contributed by atoms with Gasteiger partial charge in [0.25, 0.3) is 0 Å². The minimum Gasteiger partial charge on any atom is -0.461 e. The molecule has 0 unspecified atom stereocenters. The van der Waals surface area contributed by atoms with Gasteiger partial charge in [0.2, 0.25) is 0 Å². The number of fused-ring (bicyclic) bond motifs is 2. The molecule has 1 nitrogen and oxygen atoms in total. The molecule has 0 N–H and O–H groups in total. The topological polar surface area (TPSA) is 13.1 Å². The predicted molar refractivity (Wildman–Crippen MR) is 76.1 cm³/mol. The number of rotatable bonds is 0. The van der Waals surface area contributed by atoms with Crippen molar-refractivity contribution in [2.45, 2.75) is 6.92 Å². The van der Waals surface area contributed by atoms with Crippen LogP contribution in [0.3, 0.4) is 0 Å². The van der Waals surface area contributed by atoms with Crippen LogP contribution in [0.15, 0.2) is 71.1 Å². The van der Waals surface area contributed by atoms with Crippen LogP contribution in [-0.2, 0) is 0 Å². The highest BCUT2D eigenvalue weighted by Gasteiger charge is 1.94. The highest BCUT2D eigenvalue weighted by Crippen LogP contribution is 2.18. The zero-order chi connectivity index (χ0) is 12.4. The molecule has 0 saturated heterocycles. The van der Waals surface area contributed by atoms with Crippen LogP contribution in [0.4, 0.5) is 0 Å². The van der Waals surface area contributed by atoms with Crippen LogP contribution in [-0.4, -0.2) is 0 Å². The molecule has 2 aromatic carbocycles. The van der Waals surface area contributed by atoms with Gasteiger partial charge >= 0.3 is 0 Å². The Labute approximate surface area is 106 Å². The molecule has 3 aromatic rings. The molecule has 0 atom stereocenters. The summed E-state index contributed by atoms with van der Waals surface area (Å²) >= 11 is 0. The predicted octanol–water partition coefficient (Wildman–Crippen LogP) is 5.02. The van der Waals surface area contributed by atoms with E-state index < -0.39 is 0 Å². The SMILES string of the molecule is Cc1ccc2ccccc2cc2ccccc2o1. The van der Waals surface area contributed by atoms with Crippen molar-refractivity contribution >= 4 is 21.7 Å². The Morgan fingerprint density at radius 1 is 0.667 bits per heavy atom. The molecule has 0 fully saturated rings. The Bertz CT molecular complexity index is 752. The van der Waals surface area contributed by atoms with Gasteiger partial charge in [0.1, 0.15) is 11.3 Å². The average molecular weight is 234 g/mol. The number of hydrogen-bond acceptors (Lipinski definition) is 1. The van der Waals surface area contributed by atoms with Crippen LogP contribution < -0.4 is 0 Å². The van der Waals surface area contributed by atoms with Gasteiger partial charge in [-0.1, -0.05) is 48.5 Å². The van der Waals surface area contributed by atoms with Crippen LogP contribution >= 0.6 is 0 Å². The molecule has 0 spiro atoms. The largest absolute Gasteiger partial charge is 0.461 e. The van der Waals surface area contributed by atoms with Gasteiger partial charge in [0.05, 0.1) is 0 Å². The molecular weight excluding hydrogens is 220 g/mol. The first-order valence-corrected chi connectivity index (χ1v) is 6.05. The summed E-state index contributed by atoms with van der Waals surface area (Å²) in [5.74, 6) is 0.896. The lowest BCUT2D eigenvalue weighted by atomic mass is 10.1. The Balaban J connectivity index is 2.55. The Morgan fingerprint density at radius 3 is 2.17 bits per heavy atom. The van der Waals surface area contributed by atoms with Crippen LogP contribution in [0.2, 0.25) is 0 Å². The van der Waals surface area contributed by atoms with Gasteiger partial charge in [-0.3, -0.25) is 0 Å². The summed E-state index contributed by atoms with van der Waals surface area (Å²) in [7, 11) is 0. The van der Waals surface area contributed by atoms with Crippen molar-refractivity contribution in [1.82, 2.24) is 0 Å². The second kappa shape index (κ2) is 4.53. The van der Waals surface area contributed by atoms with Gasteiger partial charge < -0.3 is 4.42 Å². The van der Waals surface area contributed by atoms with Crippen molar-refractivity contribution in [1.29, 1.82) is 0 Å². The van der Waals surface area contributed by atoms with E-state index in [0.29, 0.717) is 0 Å². The van der Waals surface area contributed by atoms with E-state index >= 15 is 0 Å². The minimum absolute atomic E-state index is 0.896. The fourth-order valence-corrected chi connectivity index (χ4v) is 2.07. The van der Waals surface area contributed by atoms with Crippen LogP contribution in [0.1, 0.15) is 5.76 Å². The molecule has 3 rings (SSSR count). The van der Waals surface area contributed by atoms with Crippen molar-refractivity contribution < 1.29 is 4.42 Å². The molecule has 1 aromatic heterocycles. The standard InChI is InChI=1S/C17H14O/c1-13-10-11-14-6-2-3-7-15(14)12-16-8-4-5-9-17(16)18-13/h2-12H,1H3. The molecule has 0 amide bonds. The van der Waals surface area contributed by atoms with E-state index in [1.54, 1.807) is 0 Å². The lowest BCUT2D eigenvalue weighted by molar-refractivity contribution is 0.569. The Kier molecular flexibility index (Phi) is 2.73. The van der Waals surface area contributed by atoms with E-state index in [0.717, 1.165) is 16.7 Å². The van der Waals surface area contributed by atoms with E-state index in [2.05, 4.69) is 42.5 Å². The maximum Gasteiger partial charge on any atom is 0.134 e. The maximum atomic E-state index is 5.85. The molecule has 0 saturated carbocycles. The van der Waals surface area contributed by atoms with E-state index in [1.807, 2.05) is 31.2 Å². The van der Waals surface area contributed by atoms with Gasteiger partial charge in [0.15, 0.2) is 0 Å². The van der Waals surface area contributed by atoms with Crippen molar-refractivity contribution in [3.8, 4) is 0 Å². The first kappa shape index (κ1) is 10.8. The third-order valence-electron chi connectivity index (χ3n) is 2.99. The summed E-state index contributed by atoms with van der Waals surface area (Å²) in [5, 5.41) is 3.52. The molecule has 88 valence electrons. The molecule has 0 aliphatic heterocycles. The third-order valence-corrected chi connectivity index (χ3v) is 2.99. The molecule has 0 aliphatic rings. The van der Waals surface area contributed by atoms with Crippen LogP contribution in [0.25, 0.3) is 21.7 Å². The lowest BCUT2D eigenvalue weighted by Crippen LogP contribution is -1.68. The lowest BCUT2D eigenvalue weighted by Gasteiger charge is -1.93. The first-order valence-electron chi connectivity index (χ1n) is 6.05. The second-order valence-corrected chi connectivity index (χ2v) is 4.36. The first-order chi connectivity index (χ1) is 8.83. The Morgan fingerprint density at radius 2 is 1.33 bits per heavy atom. The summed E-state index contributed by atoms with van der Waals surface area (Å²) < 4.78 is 5.85. The van der Waals surface area contributed by atoms with Gasteiger partial charge in [-0.2, -0.15) is 0 Å². The molecule has 1 heterocycles. The quantitative estimate of drug-likeness (QED) is 0.532. The monoisotopic (exact) mass is 234 g/mol. The molecular formula is C17H14O. The summed E-state index contributed by atoms with van der Waals surface area (Å²) in [6, 6.07) is 22.7. The van der Waals surface area contributed by atoms with Crippen molar-refractivity contribution in [3.05, 3.63) is 72.5 Å². The van der Waals surface area contributed by atoms with Crippen molar-refractivity contribution in [3.63, 3.8) is 0 Å². The third kappa shape index (κ3) is 2.07. The zero-order valence-electron chi connectivity index (χ0n) is 10.3. The molecule has 0 bridgehead atoms. The van der Waals surface area contributed by atoms with Crippen LogP contribution in [0, 0.1) is 6.92 Å². The molecule has 18 heavy (non-hydrogen) atoms. The summed E-state index contributed by atoms with van der Waals surface area (Å²) in [4.78, 5) is 0. The highest BCUT2D eigenvalue weighted by molar-refractivity contribution is 5.88. The second-order valence-electron chi connectivity index (χ2n) is 4.36. The fraction of sp³-hybridized carbons (Fsp3) is 0.0588. The molecule has 1 heteroatoms. The van der Waals surface area contributed by atoms with E-state index in [-0.39, 0.29) is 0 Å². The normalized spacial score (nSPS) is 10.5. The van der Waals surface area contributed by atoms with Gasteiger partial charge in [-0.25, -0.2) is 0 Å². The van der Waals surface area contributed by atoms with Crippen LogP contribution in [0.5, 0.6) is 0 Å². The molecule has 0 radical (unpaired) electrons. The maximum absolute atomic E-state index is 5.85. The Hall–Kier alpha value is -2.28. The van der Waals surface area contributed by atoms with Crippen molar-refractivity contribution in [2.24, 2.45) is 0 Å². The smallest absolute Gasteiger partial charge is 0.134 e. The summed E-state index contributed by atoms with van der Waals surface area (Å²) in [5.41, 5.74) is 0.899. The zero-order valence-corrected chi connectivity index (χ0v) is 10.3. The van der Waals surface area contributed by atoms with E-state index in [9.17, 15) is 0 Å². The summed E-state index contributed by atoms with van der Waals surface area (Å²) in [6.45, 7) is 1.97. The van der Waals surface area contributed by atoms with Gasteiger partial charge in [-0.05, 0) is 35.9 Å². The average Bonchev–Trinajstić information content (AvgIpc) is 2.46. The van der Waals surface area contributed by atoms with E-state index in [1.165, 1.54) is 10.8 Å². The number of aryl methyl sites for hydroxylation is 1. The minimum atomic E-state index is 0.896. The van der Waals surface area contributed by atoms with Gasteiger partial charge in [0, 0.05) is 5.39 Å². The summed E-state index contributed by atoms with van der Waals surface area (Å²) in [6.07, 6.45) is 0. The fourth-order valence-electron chi connectivity index (χ4n) is 2.07. The number of hydrogen-bond donors (Lipinski definition) is 0. The van der Waals surface area contributed by atoms with E-state index in [4.69, 9.17) is 4.42 Å². The number of para-hydroxylation sites is 1. The molecule has 0 aliphatic carbocycles. The van der Waals surface area contributed by atoms with Gasteiger partial charge in [-0.15, -0.1) is 0 Å².